The van der Waals surface area contributed by atoms with Crippen molar-refractivity contribution >= 4 is 18.3 Å². The van der Waals surface area contributed by atoms with Gasteiger partial charge in [-0.3, -0.25) is 0 Å². The van der Waals surface area contributed by atoms with Gasteiger partial charge < -0.3 is 40.4 Å². The summed E-state index contributed by atoms with van der Waals surface area (Å²) in [6.07, 6.45) is 4.30. The number of nitrogens with zero attached hydrogens (tertiary/aromatic N) is 3. The number of likely N-dealkylation sites (tertiary alicyclic amines) is 3. The van der Waals surface area contributed by atoms with Crippen LogP contribution in [0.3, 0.4) is 0 Å². The Morgan fingerprint density at radius 1 is 0.636 bits per heavy atom. The molecule has 4 N–H and O–H groups in total. The van der Waals surface area contributed by atoms with Crippen LogP contribution in [0.1, 0.15) is 115 Å². The van der Waals surface area contributed by atoms with Crippen LogP contribution in [0.5, 0.6) is 0 Å². The molecule has 3 saturated heterocycles. The monoisotopic (exact) mass is 627 g/mol. The molecular formula is C33H65N5O6. The first kappa shape index (κ1) is 39.8. The van der Waals surface area contributed by atoms with Gasteiger partial charge in [0.25, 0.3) is 0 Å². The molecule has 3 rings (SSSR count). The van der Waals surface area contributed by atoms with Crippen molar-refractivity contribution in [2.45, 2.75) is 150 Å². The van der Waals surface area contributed by atoms with Gasteiger partial charge in [-0.15, -0.1) is 0 Å². The Balaban J connectivity index is 0.000000330. The maximum absolute atomic E-state index is 11.8. The molecule has 0 aliphatic carbocycles. The van der Waals surface area contributed by atoms with Gasteiger partial charge in [0.2, 0.25) is 0 Å². The van der Waals surface area contributed by atoms with E-state index in [1.165, 1.54) is 6.42 Å². The van der Waals surface area contributed by atoms with E-state index in [1.54, 1.807) is 9.80 Å². The second kappa shape index (κ2) is 16.9. The summed E-state index contributed by atoms with van der Waals surface area (Å²) in [5, 5.41) is 0. The Bertz CT molecular complexity index is 910. The van der Waals surface area contributed by atoms with E-state index < -0.39 is 11.2 Å². The van der Waals surface area contributed by atoms with E-state index in [0.717, 1.165) is 38.8 Å². The molecule has 0 unspecified atom stereocenters. The topological polar surface area (TPSA) is 141 Å². The standard InChI is InChI=1S/2C11H22N2O2.C11H21NO2/c1-8-7-13(6-5-9(8)12)10(14)15-11(2,3)4;1-8-7-9(12)5-6-13(8)10(14)15-11(2,3)4;1-9-6-5-7-12(8-9)10(13)14-11(2,3)4/h2*8-9H,5-7,12H2,1-4H3;9H,5-8H2,1-4H3/t8-,9+;8-,9-;9-/m011/s1. The first-order valence-electron chi connectivity index (χ1n) is 16.4. The van der Waals surface area contributed by atoms with Gasteiger partial charge in [-0.05, 0) is 113 Å². The predicted octanol–water partition coefficient (Wildman–Crippen LogP) is 5.98. The fourth-order valence-electron chi connectivity index (χ4n) is 5.14. The third-order valence-electron chi connectivity index (χ3n) is 7.48. The molecule has 11 heteroatoms. The Hall–Kier alpha value is -2.27. The van der Waals surface area contributed by atoms with Crippen LogP contribution >= 0.6 is 0 Å². The first-order valence-corrected chi connectivity index (χ1v) is 16.4. The SMILES string of the molecule is C[C@@H]1CCCN(C(=O)OC(C)(C)C)C1.C[C@@H]1C[C@H](N)CCN1C(=O)OC(C)(C)C.C[C@H]1CN(C(=O)OC(C)(C)C)CC[C@H]1N. The Labute approximate surface area is 267 Å². The number of hydrogen-bond donors (Lipinski definition) is 2. The second-order valence-electron chi connectivity index (χ2n) is 15.8. The molecule has 0 spiro atoms. The number of carbonyl (C=O) groups excluding carboxylic acids is 3. The van der Waals surface area contributed by atoms with E-state index >= 15 is 0 Å². The van der Waals surface area contributed by atoms with Crippen molar-refractivity contribution in [2.24, 2.45) is 23.3 Å². The maximum atomic E-state index is 11.8. The molecule has 44 heavy (non-hydrogen) atoms. The van der Waals surface area contributed by atoms with Gasteiger partial charge in [0, 0.05) is 50.8 Å². The highest BCUT2D eigenvalue weighted by Gasteiger charge is 2.31. The summed E-state index contributed by atoms with van der Waals surface area (Å²) in [5.41, 5.74) is 10.5. The van der Waals surface area contributed by atoms with Crippen molar-refractivity contribution in [2.75, 3.05) is 32.7 Å². The van der Waals surface area contributed by atoms with Gasteiger partial charge in [-0.2, -0.15) is 0 Å². The van der Waals surface area contributed by atoms with Crippen LogP contribution in [0.4, 0.5) is 14.4 Å². The fourth-order valence-corrected chi connectivity index (χ4v) is 5.14. The number of amides is 3. The smallest absolute Gasteiger partial charge is 0.410 e. The molecular weight excluding hydrogens is 562 g/mol. The Morgan fingerprint density at radius 2 is 1.11 bits per heavy atom. The summed E-state index contributed by atoms with van der Waals surface area (Å²) < 4.78 is 15.9. The minimum atomic E-state index is -0.420. The lowest BCUT2D eigenvalue weighted by atomic mass is 9.95. The summed E-state index contributed by atoms with van der Waals surface area (Å²) in [7, 11) is 0. The van der Waals surface area contributed by atoms with E-state index in [-0.39, 0.29) is 42.0 Å². The van der Waals surface area contributed by atoms with Crippen LogP contribution in [0.25, 0.3) is 0 Å². The van der Waals surface area contributed by atoms with E-state index in [9.17, 15) is 14.4 Å². The van der Waals surface area contributed by atoms with Crippen molar-refractivity contribution in [3.63, 3.8) is 0 Å². The van der Waals surface area contributed by atoms with Crippen LogP contribution in [-0.2, 0) is 14.2 Å². The molecule has 0 bridgehead atoms. The number of ether oxygens (including phenoxy) is 3. The van der Waals surface area contributed by atoms with Crippen LogP contribution in [0.2, 0.25) is 0 Å². The summed E-state index contributed by atoms with van der Waals surface area (Å²) in [4.78, 5) is 40.5. The zero-order valence-electron chi connectivity index (χ0n) is 29.9. The van der Waals surface area contributed by atoms with Crippen molar-refractivity contribution in [3.8, 4) is 0 Å². The first-order chi connectivity index (χ1) is 20.0. The highest BCUT2D eigenvalue weighted by atomic mass is 16.6. The van der Waals surface area contributed by atoms with Gasteiger partial charge >= 0.3 is 18.3 Å². The largest absolute Gasteiger partial charge is 0.444 e. The molecule has 0 radical (unpaired) electrons. The highest BCUT2D eigenvalue weighted by molar-refractivity contribution is 5.69. The van der Waals surface area contributed by atoms with Crippen molar-refractivity contribution in [3.05, 3.63) is 0 Å². The zero-order chi connectivity index (χ0) is 34.0. The molecule has 258 valence electrons. The van der Waals surface area contributed by atoms with Gasteiger partial charge in [-0.1, -0.05) is 13.8 Å². The maximum Gasteiger partial charge on any atom is 0.410 e. The van der Waals surface area contributed by atoms with Crippen molar-refractivity contribution < 1.29 is 28.6 Å². The van der Waals surface area contributed by atoms with E-state index in [1.807, 2.05) is 74.1 Å². The van der Waals surface area contributed by atoms with Gasteiger partial charge in [0.15, 0.2) is 0 Å². The molecule has 0 aromatic carbocycles. The van der Waals surface area contributed by atoms with Crippen LogP contribution in [0, 0.1) is 11.8 Å². The average Bonchev–Trinajstić information content (AvgIpc) is 2.83. The molecule has 0 saturated carbocycles. The summed E-state index contributed by atoms with van der Waals surface area (Å²) >= 11 is 0. The van der Waals surface area contributed by atoms with Gasteiger partial charge in [0.05, 0.1) is 0 Å². The van der Waals surface area contributed by atoms with E-state index in [0.29, 0.717) is 31.5 Å². The minimum absolute atomic E-state index is 0.163. The lowest BCUT2D eigenvalue weighted by molar-refractivity contribution is 0.0103. The van der Waals surface area contributed by atoms with Crippen molar-refractivity contribution in [1.29, 1.82) is 0 Å². The fraction of sp³-hybridized carbons (Fsp3) is 0.909. The highest BCUT2D eigenvalue weighted by Crippen LogP contribution is 2.21. The van der Waals surface area contributed by atoms with Crippen LogP contribution in [0.15, 0.2) is 0 Å². The summed E-state index contributed by atoms with van der Waals surface area (Å²) in [5.74, 6) is 0.961. The molecule has 3 aliphatic rings. The molecule has 3 heterocycles. The molecule has 0 aromatic heterocycles. The lowest BCUT2D eigenvalue weighted by Gasteiger charge is -2.37. The molecule has 11 nitrogen and oxygen atoms in total. The third-order valence-corrected chi connectivity index (χ3v) is 7.48. The summed E-state index contributed by atoms with van der Waals surface area (Å²) in [6.45, 7) is 27.1. The molecule has 0 aromatic rings. The molecule has 3 aliphatic heterocycles. The number of hydrogen-bond acceptors (Lipinski definition) is 8. The predicted molar refractivity (Wildman–Crippen MR) is 175 cm³/mol. The Morgan fingerprint density at radius 3 is 1.55 bits per heavy atom. The second-order valence-corrected chi connectivity index (χ2v) is 15.8. The molecule has 5 atom stereocenters. The lowest BCUT2D eigenvalue weighted by Crippen LogP contribution is -2.49. The minimum Gasteiger partial charge on any atom is -0.444 e. The van der Waals surface area contributed by atoms with Gasteiger partial charge in [-0.25, -0.2) is 14.4 Å². The quantitative estimate of drug-likeness (QED) is 0.313. The van der Waals surface area contributed by atoms with Crippen molar-refractivity contribution in [1.82, 2.24) is 14.7 Å². The summed E-state index contributed by atoms with van der Waals surface area (Å²) in [6, 6.07) is 0.617. The molecule has 3 amide bonds. The number of nitrogens with two attached hydrogens (primary N) is 2. The third kappa shape index (κ3) is 16.2. The van der Waals surface area contributed by atoms with Gasteiger partial charge in [0.1, 0.15) is 16.8 Å². The number of carbonyl (C=O) groups is 3. The Kier molecular flexibility index (Phi) is 15.2. The zero-order valence-corrected chi connectivity index (χ0v) is 29.9. The van der Waals surface area contributed by atoms with Crippen LogP contribution < -0.4 is 11.5 Å². The van der Waals surface area contributed by atoms with E-state index in [4.69, 9.17) is 25.7 Å². The number of rotatable bonds is 0. The molecule has 3 fully saturated rings. The average molecular weight is 628 g/mol. The normalized spacial score (nSPS) is 26.3. The number of piperidine rings is 3. The van der Waals surface area contributed by atoms with Crippen LogP contribution in [-0.4, -0.2) is 101 Å². The van der Waals surface area contributed by atoms with E-state index in [2.05, 4.69) is 13.8 Å².